The zero-order chi connectivity index (χ0) is 45.5. The molecule has 1 nitrogen and oxygen atoms in total. The van der Waals surface area contributed by atoms with Crippen molar-refractivity contribution in [2.75, 3.05) is 4.90 Å². The molecule has 11 rings (SSSR count). The molecular formula is C65H57N. The molecule has 0 aliphatic heterocycles. The molecule has 9 aromatic rings. The molecule has 0 unspecified atom stereocenters. The van der Waals surface area contributed by atoms with Gasteiger partial charge in [0.25, 0.3) is 0 Å². The van der Waals surface area contributed by atoms with Crippen LogP contribution in [-0.4, -0.2) is 0 Å². The molecule has 0 atom stereocenters. The van der Waals surface area contributed by atoms with Crippen LogP contribution in [0.3, 0.4) is 0 Å². The minimum absolute atomic E-state index is 0.104. The van der Waals surface area contributed by atoms with Gasteiger partial charge in [0.1, 0.15) is 0 Å². The van der Waals surface area contributed by atoms with E-state index >= 15 is 0 Å². The molecule has 0 amide bonds. The molecule has 2 aliphatic rings. The number of fused-ring (bicyclic) bond motifs is 6. The smallest absolute Gasteiger partial charge is 0.0474 e. The van der Waals surface area contributed by atoms with Gasteiger partial charge in [-0.2, -0.15) is 0 Å². The quantitative estimate of drug-likeness (QED) is 0.154. The third-order valence-corrected chi connectivity index (χ3v) is 14.9. The number of rotatable bonds is 7. The lowest BCUT2D eigenvalue weighted by Crippen LogP contribution is -2.15. The van der Waals surface area contributed by atoms with Gasteiger partial charge in [0, 0.05) is 27.9 Å². The number of nitrogens with zero attached hydrogens (tertiary/aromatic N) is 1. The predicted molar refractivity (Wildman–Crippen MR) is 281 cm³/mol. The van der Waals surface area contributed by atoms with Crippen molar-refractivity contribution in [1.29, 1.82) is 0 Å². The van der Waals surface area contributed by atoms with Gasteiger partial charge in [0.2, 0.25) is 0 Å². The minimum Gasteiger partial charge on any atom is -0.310 e. The molecule has 9 aromatic carbocycles. The van der Waals surface area contributed by atoms with Crippen molar-refractivity contribution in [1.82, 2.24) is 0 Å². The highest BCUT2D eigenvalue weighted by Gasteiger charge is 2.37. The summed E-state index contributed by atoms with van der Waals surface area (Å²) in [6, 6.07) is 75.2. The zero-order valence-corrected chi connectivity index (χ0v) is 39.5. The first-order valence-electron chi connectivity index (χ1n) is 23.6. The van der Waals surface area contributed by atoms with Gasteiger partial charge in [-0.15, -0.1) is 0 Å². The van der Waals surface area contributed by atoms with Crippen LogP contribution in [-0.2, 0) is 16.2 Å². The summed E-state index contributed by atoms with van der Waals surface area (Å²) in [6.07, 6.45) is 0. The first kappa shape index (κ1) is 41.5. The van der Waals surface area contributed by atoms with Crippen LogP contribution in [0.5, 0.6) is 0 Å². The van der Waals surface area contributed by atoms with Gasteiger partial charge in [-0.25, -0.2) is 0 Å². The van der Waals surface area contributed by atoms with Crippen molar-refractivity contribution in [3.05, 3.63) is 234 Å². The van der Waals surface area contributed by atoms with Crippen LogP contribution in [0.1, 0.15) is 81.8 Å². The van der Waals surface area contributed by atoms with Crippen molar-refractivity contribution < 1.29 is 0 Å². The van der Waals surface area contributed by atoms with E-state index in [1.807, 2.05) is 0 Å². The van der Waals surface area contributed by atoms with E-state index in [-0.39, 0.29) is 16.2 Å². The van der Waals surface area contributed by atoms with E-state index in [2.05, 4.69) is 260 Å². The molecule has 0 saturated heterocycles. The lowest BCUT2D eigenvalue weighted by atomic mass is 9.80. The molecule has 0 aromatic heterocycles. The predicted octanol–water partition coefficient (Wildman–Crippen LogP) is 18.0. The molecule has 1 heteroatoms. The molecule has 0 fully saturated rings. The highest BCUT2D eigenvalue weighted by Crippen LogP contribution is 2.53. The van der Waals surface area contributed by atoms with Crippen molar-refractivity contribution in [2.45, 2.75) is 71.6 Å². The summed E-state index contributed by atoms with van der Waals surface area (Å²) in [6.45, 7) is 18.7. The largest absolute Gasteiger partial charge is 0.310 e. The van der Waals surface area contributed by atoms with Crippen LogP contribution in [0.15, 0.2) is 200 Å². The van der Waals surface area contributed by atoms with E-state index in [1.54, 1.807) is 0 Å². The van der Waals surface area contributed by atoms with Gasteiger partial charge < -0.3 is 4.90 Å². The van der Waals surface area contributed by atoms with E-state index in [1.165, 1.54) is 100 Å². The lowest BCUT2D eigenvalue weighted by Gasteiger charge is -2.29. The summed E-state index contributed by atoms with van der Waals surface area (Å²) in [5.41, 5.74) is 26.5. The average Bonchev–Trinajstić information content (AvgIpc) is 3.71. The Balaban J connectivity index is 1.11. The summed E-state index contributed by atoms with van der Waals surface area (Å²) >= 11 is 0. The van der Waals surface area contributed by atoms with Crippen molar-refractivity contribution >= 4 is 17.1 Å². The van der Waals surface area contributed by atoms with Gasteiger partial charge >= 0.3 is 0 Å². The molecule has 0 saturated carbocycles. The fourth-order valence-electron chi connectivity index (χ4n) is 11.0. The summed E-state index contributed by atoms with van der Waals surface area (Å²) in [5.74, 6) is 0. The van der Waals surface area contributed by atoms with Crippen LogP contribution in [0.25, 0.3) is 66.8 Å². The van der Waals surface area contributed by atoms with Crippen LogP contribution in [0.4, 0.5) is 17.1 Å². The van der Waals surface area contributed by atoms with Crippen molar-refractivity contribution in [2.24, 2.45) is 0 Å². The van der Waals surface area contributed by atoms with Crippen LogP contribution in [0, 0.1) is 6.92 Å². The fraction of sp³-hybridized carbons (Fsp3) is 0.169. The second-order valence-electron chi connectivity index (χ2n) is 20.7. The van der Waals surface area contributed by atoms with Crippen molar-refractivity contribution in [3.8, 4) is 66.8 Å². The Labute approximate surface area is 392 Å². The molecule has 2 aliphatic carbocycles. The van der Waals surface area contributed by atoms with E-state index in [9.17, 15) is 0 Å². The summed E-state index contributed by atoms with van der Waals surface area (Å²) in [5, 5.41) is 0. The standard InChI is InChI=1S/C65H57N/c1-42-57(47-28-36-55-53-18-12-14-20-59(53)64(5,6)61(55)38-47)40-52(41-58(42)48-29-37-56-54-19-13-15-21-60(54)65(7,8)62(56)39-48)66(50-32-24-45(25-33-50)43-16-10-9-11-17-43)51-34-26-46(27-35-51)44-22-30-49(31-23-44)63(2,3)4/h9-41H,1-8H3. The van der Waals surface area contributed by atoms with Crippen molar-refractivity contribution in [3.63, 3.8) is 0 Å². The Morgan fingerprint density at radius 3 is 1.12 bits per heavy atom. The normalized spacial score (nSPS) is 14.0. The Kier molecular flexibility index (Phi) is 9.71. The molecule has 0 heterocycles. The Morgan fingerprint density at radius 1 is 0.318 bits per heavy atom. The molecule has 0 spiro atoms. The number of benzene rings is 9. The lowest BCUT2D eigenvalue weighted by molar-refractivity contribution is 0.590. The van der Waals surface area contributed by atoms with Gasteiger partial charge in [0.05, 0.1) is 0 Å². The SMILES string of the molecule is Cc1c(-c2ccc3c(c2)C(C)(C)c2ccccc2-3)cc(N(c2ccc(-c3ccccc3)cc2)c2ccc(-c3ccc(C(C)(C)C)cc3)cc2)cc1-c1ccc2c(c1)C(C)(C)c1ccccc1-2. The van der Waals surface area contributed by atoms with E-state index in [0.717, 1.165) is 17.1 Å². The monoisotopic (exact) mass is 851 g/mol. The van der Waals surface area contributed by atoms with E-state index in [4.69, 9.17) is 0 Å². The van der Waals surface area contributed by atoms with Crippen LogP contribution in [0.2, 0.25) is 0 Å². The topological polar surface area (TPSA) is 3.24 Å². The van der Waals surface area contributed by atoms with E-state index in [0.29, 0.717) is 0 Å². The highest BCUT2D eigenvalue weighted by molar-refractivity contribution is 5.92. The fourth-order valence-corrected chi connectivity index (χ4v) is 11.0. The summed E-state index contributed by atoms with van der Waals surface area (Å²) in [7, 11) is 0. The zero-order valence-electron chi connectivity index (χ0n) is 39.5. The Hall–Kier alpha value is -7.22. The maximum Gasteiger partial charge on any atom is 0.0474 e. The maximum atomic E-state index is 2.48. The Morgan fingerprint density at radius 2 is 0.682 bits per heavy atom. The van der Waals surface area contributed by atoms with Gasteiger partial charge in [-0.3, -0.25) is 0 Å². The molecule has 0 radical (unpaired) electrons. The Bertz CT molecular complexity index is 3180. The summed E-state index contributed by atoms with van der Waals surface area (Å²) < 4.78 is 0. The first-order valence-corrected chi connectivity index (χ1v) is 23.6. The van der Waals surface area contributed by atoms with Gasteiger partial charge in [-0.1, -0.05) is 200 Å². The molecule has 0 bridgehead atoms. The van der Waals surface area contributed by atoms with Gasteiger partial charge in [0.15, 0.2) is 0 Å². The second-order valence-corrected chi connectivity index (χ2v) is 20.7. The second kappa shape index (κ2) is 15.5. The third kappa shape index (κ3) is 6.83. The molecule has 0 N–H and O–H groups in total. The first-order chi connectivity index (χ1) is 31.8. The van der Waals surface area contributed by atoms with E-state index < -0.39 is 0 Å². The number of anilines is 3. The maximum absolute atomic E-state index is 2.48. The third-order valence-electron chi connectivity index (χ3n) is 14.9. The molecular weight excluding hydrogens is 795 g/mol. The van der Waals surface area contributed by atoms with Crippen LogP contribution >= 0.6 is 0 Å². The molecule has 322 valence electrons. The summed E-state index contributed by atoms with van der Waals surface area (Å²) in [4.78, 5) is 2.45. The van der Waals surface area contributed by atoms with Gasteiger partial charge in [-0.05, 0) is 161 Å². The highest BCUT2D eigenvalue weighted by atomic mass is 15.1. The minimum atomic E-state index is -0.113. The van der Waals surface area contributed by atoms with Crippen LogP contribution < -0.4 is 4.90 Å². The average molecular weight is 852 g/mol. The molecule has 66 heavy (non-hydrogen) atoms. The number of hydrogen-bond donors (Lipinski definition) is 0. The number of hydrogen-bond acceptors (Lipinski definition) is 1.